The Morgan fingerprint density at radius 2 is 1.79 bits per heavy atom. The quantitative estimate of drug-likeness (QED) is 0.446. The molecule has 1 saturated carbocycles. The van der Waals surface area contributed by atoms with E-state index < -0.39 is 34.7 Å². The molecule has 39 heavy (non-hydrogen) atoms. The maximum atomic E-state index is 13.8. The van der Waals surface area contributed by atoms with E-state index in [2.05, 4.69) is 18.3 Å². The summed E-state index contributed by atoms with van der Waals surface area (Å²) in [6, 6.07) is 21.5. The van der Waals surface area contributed by atoms with Crippen LogP contribution in [0.2, 0.25) is 0 Å². The van der Waals surface area contributed by atoms with Crippen LogP contribution in [-0.4, -0.2) is 36.9 Å². The highest BCUT2D eigenvalue weighted by Crippen LogP contribution is 2.74. The van der Waals surface area contributed by atoms with Crippen molar-refractivity contribution in [2.75, 3.05) is 14.2 Å². The first-order valence-electron chi connectivity index (χ1n) is 13.4. The van der Waals surface area contributed by atoms with E-state index in [0.717, 1.165) is 34.2 Å². The summed E-state index contributed by atoms with van der Waals surface area (Å²) < 4.78 is 18.1. The van der Waals surface area contributed by atoms with Gasteiger partial charge in [-0.1, -0.05) is 55.5 Å². The third-order valence-corrected chi connectivity index (χ3v) is 8.64. The number of esters is 1. The molecule has 0 unspecified atom stereocenters. The van der Waals surface area contributed by atoms with Gasteiger partial charge in [0.05, 0.1) is 14.2 Å². The molecule has 3 aliphatic rings. The molecule has 0 bridgehead atoms. The summed E-state index contributed by atoms with van der Waals surface area (Å²) in [4.78, 5) is 19.2. The van der Waals surface area contributed by atoms with E-state index in [4.69, 9.17) is 19.2 Å². The van der Waals surface area contributed by atoms with Gasteiger partial charge in [0.25, 0.3) is 0 Å². The first-order chi connectivity index (χ1) is 18.8. The molecule has 0 aromatic heterocycles. The lowest BCUT2D eigenvalue weighted by molar-refractivity contribution is -0.158. The Hall–Kier alpha value is -3.84. The van der Waals surface area contributed by atoms with Crippen molar-refractivity contribution in [3.8, 4) is 11.5 Å². The molecule has 0 radical (unpaired) electrons. The van der Waals surface area contributed by atoms with Gasteiger partial charge < -0.3 is 24.6 Å². The molecular formula is C32H34N2O5. The summed E-state index contributed by atoms with van der Waals surface area (Å²) in [5.74, 6) is -0.192. The van der Waals surface area contributed by atoms with Gasteiger partial charge in [-0.25, -0.2) is 0 Å². The maximum Gasteiger partial charge on any atom is 0.314 e. The van der Waals surface area contributed by atoms with E-state index in [1.165, 1.54) is 7.11 Å². The highest BCUT2D eigenvalue weighted by Gasteiger charge is 2.86. The molecule has 7 heteroatoms. The molecule has 0 amide bonds. The van der Waals surface area contributed by atoms with Gasteiger partial charge in [-0.2, -0.15) is 0 Å². The van der Waals surface area contributed by atoms with Gasteiger partial charge in [-0.05, 0) is 60.7 Å². The number of fused-ring (bicyclic) bond motifs is 1. The largest absolute Gasteiger partial charge is 0.497 e. The number of nitrogens with one attached hydrogen (secondary N) is 1. The molecule has 5 atom stereocenters. The number of hydrogen-bond acceptors (Lipinski definition) is 7. The molecule has 1 fully saturated rings. The van der Waals surface area contributed by atoms with Gasteiger partial charge in [0.15, 0.2) is 16.9 Å². The Morgan fingerprint density at radius 3 is 2.44 bits per heavy atom. The molecule has 6 rings (SSSR count). The predicted octanol–water partition coefficient (Wildman–Crippen LogP) is 4.87. The fraction of sp³-hybridized carbons (Fsp3) is 0.375. The lowest BCUT2D eigenvalue weighted by Crippen LogP contribution is -2.62. The maximum absolute atomic E-state index is 13.8. The van der Waals surface area contributed by atoms with Gasteiger partial charge in [-0.3, -0.25) is 9.79 Å². The molecule has 0 saturated heterocycles. The van der Waals surface area contributed by atoms with Crippen molar-refractivity contribution >= 4 is 11.8 Å². The first kappa shape index (κ1) is 25.4. The topological polar surface area (TPSA) is 89.4 Å². The number of benzene rings is 3. The summed E-state index contributed by atoms with van der Waals surface area (Å²) in [5.41, 5.74) is -0.0579. The number of carbonyl (C=O) groups excluding carboxylic acids is 1. The van der Waals surface area contributed by atoms with Gasteiger partial charge in [-0.15, -0.1) is 0 Å². The fourth-order valence-electron chi connectivity index (χ4n) is 7.37. The minimum absolute atomic E-state index is 0.525. The lowest BCUT2D eigenvalue weighted by Gasteiger charge is -2.42. The molecule has 1 spiro atoms. The Balaban J connectivity index is 1.79. The van der Waals surface area contributed by atoms with Crippen LogP contribution in [-0.2, 0) is 20.7 Å². The number of carbonyl (C=O) groups is 1. The van der Waals surface area contributed by atoms with Crippen molar-refractivity contribution in [1.29, 1.82) is 0 Å². The molecule has 3 aromatic rings. The summed E-state index contributed by atoms with van der Waals surface area (Å²) in [5, 5.41) is 16.4. The van der Waals surface area contributed by atoms with Crippen LogP contribution >= 0.6 is 0 Å². The van der Waals surface area contributed by atoms with Gasteiger partial charge >= 0.3 is 5.97 Å². The molecular weight excluding hydrogens is 492 g/mol. The second-order valence-corrected chi connectivity index (χ2v) is 10.8. The molecule has 2 heterocycles. The van der Waals surface area contributed by atoms with Crippen molar-refractivity contribution in [3.63, 3.8) is 0 Å². The zero-order chi connectivity index (χ0) is 27.6. The zero-order valence-electron chi connectivity index (χ0n) is 22.9. The van der Waals surface area contributed by atoms with Crippen molar-refractivity contribution in [2.45, 2.75) is 56.4 Å². The van der Waals surface area contributed by atoms with Crippen molar-refractivity contribution in [2.24, 2.45) is 10.9 Å². The van der Waals surface area contributed by atoms with Gasteiger partial charge in [0.2, 0.25) is 0 Å². The van der Waals surface area contributed by atoms with Crippen LogP contribution in [0.4, 0.5) is 0 Å². The van der Waals surface area contributed by atoms with E-state index in [1.807, 2.05) is 74.5 Å². The van der Waals surface area contributed by atoms with E-state index in [1.54, 1.807) is 7.11 Å². The van der Waals surface area contributed by atoms with Crippen LogP contribution in [0.25, 0.3) is 0 Å². The van der Waals surface area contributed by atoms with Crippen molar-refractivity contribution < 1.29 is 24.1 Å². The van der Waals surface area contributed by atoms with Crippen LogP contribution in [0.3, 0.4) is 0 Å². The number of rotatable bonds is 6. The monoisotopic (exact) mass is 526 g/mol. The SMILES string of the molecule is CCCC1=N[C@]23c4c(C)cc(C)cc4O[C@@]2(c2ccc(OC)cc2)[C@H](c2ccccc2)[C@@H](C(=O)OC)[C@]3(O)N1. The predicted molar refractivity (Wildman–Crippen MR) is 148 cm³/mol. The lowest BCUT2D eigenvalue weighted by atomic mass is 9.68. The average molecular weight is 527 g/mol. The number of aryl methyl sites for hydroxylation is 2. The van der Waals surface area contributed by atoms with Gasteiger partial charge in [0.1, 0.15) is 23.3 Å². The van der Waals surface area contributed by atoms with Crippen LogP contribution in [0.15, 0.2) is 71.7 Å². The van der Waals surface area contributed by atoms with E-state index in [9.17, 15) is 9.90 Å². The number of nitrogens with zero attached hydrogens (tertiary/aromatic N) is 1. The van der Waals surface area contributed by atoms with E-state index >= 15 is 0 Å². The molecule has 2 aliphatic heterocycles. The number of aliphatic imine (C=N–C) groups is 1. The smallest absolute Gasteiger partial charge is 0.314 e. The number of amidine groups is 1. The minimum atomic E-state index is -1.82. The number of ether oxygens (including phenoxy) is 3. The number of methoxy groups -OCH3 is 2. The number of aliphatic hydroxyl groups is 1. The molecule has 1 aliphatic carbocycles. The summed E-state index contributed by atoms with van der Waals surface area (Å²) in [6.07, 6.45) is 1.44. The highest BCUT2D eigenvalue weighted by molar-refractivity contribution is 5.91. The Labute approximate surface area is 228 Å². The third kappa shape index (κ3) is 3.13. The van der Waals surface area contributed by atoms with Crippen LogP contribution in [0.1, 0.15) is 53.5 Å². The van der Waals surface area contributed by atoms with Crippen LogP contribution in [0, 0.1) is 19.8 Å². The zero-order valence-corrected chi connectivity index (χ0v) is 22.9. The first-order valence-corrected chi connectivity index (χ1v) is 13.4. The highest BCUT2D eigenvalue weighted by atomic mass is 16.5. The van der Waals surface area contributed by atoms with Crippen LogP contribution < -0.4 is 14.8 Å². The molecule has 3 aromatic carbocycles. The fourth-order valence-corrected chi connectivity index (χ4v) is 7.37. The molecule has 2 N–H and O–H groups in total. The minimum Gasteiger partial charge on any atom is -0.497 e. The van der Waals surface area contributed by atoms with Crippen molar-refractivity contribution in [3.05, 3.63) is 94.5 Å². The van der Waals surface area contributed by atoms with Crippen LogP contribution in [0.5, 0.6) is 11.5 Å². The average Bonchev–Trinajstić information content (AvgIpc) is 3.45. The van der Waals surface area contributed by atoms with Gasteiger partial charge in [0, 0.05) is 17.9 Å². The third-order valence-electron chi connectivity index (χ3n) is 8.64. The van der Waals surface area contributed by atoms with Crippen molar-refractivity contribution in [1.82, 2.24) is 5.32 Å². The normalized spacial score (nSPS) is 29.9. The standard InChI is InChI=1S/C32H34N2O5/c1-6-10-25-33-31-26-20(3)17-19(2)18-24(26)39-30(31,22-13-15-23(37-4)16-14-22)27(21-11-8-7-9-12-21)28(29(35)38-5)32(31,36)34-25/h7-9,11-18,27-28,36H,6,10H2,1-5H3,(H,33,34)/t27-,28+,30+,31-,32-/m1/s1. The molecule has 202 valence electrons. The Bertz CT molecular complexity index is 1470. The van der Waals surface area contributed by atoms with E-state index in [0.29, 0.717) is 23.8 Å². The Kier molecular flexibility index (Phi) is 5.77. The van der Waals surface area contributed by atoms with E-state index in [-0.39, 0.29) is 0 Å². The number of hydrogen-bond donors (Lipinski definition) is 2. The second kappa shape index (κ2) is 8.85. The summed E-state index contributed by atoms with van der Waals surface area (Å²) in [7, 11) is 2.99. The molecule has 7 nitrogen and oxygen atoms in total. The summed E-state index contributed by atoms with van der Waals surface area (Å²) >= 11 is 0. The summed E-state index contributed by atoms with van der Waals surface area (Å²) in [6.45, 7) is 6.11. The second-order valence-electron chi connectivity index (χ2n) is 10.8. The Morgan fingerprint density at radius 1 is 1.08 bits per heavy atom.